The van der Waals surface area contributed by atoms with Gasteiger partial charge >= 0.3 is 0 Å². The Bertz CT molecular complexity index is 709. The Labute approximate surface area is 158 Å². The average molecular weight is 382 g/mol. The summed E-state index contributed by atoms with van der Waals surface area (Å²) in [6.45, 7) is 6.25. The van der Waals surface area contributed by atoms with Crippen molar-refractivity contribution in [2.24, 2.45) is 0 Å². The molecule has 0 aliphatic carbocycles. The van der Waals surface area contributed by atoms with Crippen molar-refractivity contribution in [2.75, 3.05) is 13.2 Å². The summed E-state index contributed by atoms with van der Waals surface area (Å²) in [5.41, 5.74) is 1.83. The zero-order valence-electron chi connectivity index (χ0n) is 14.4. The molecule has 1 atom stereocenters. The van der Waals surface area contributed by atoms with Gasteiger partial charge in [-0.2, -0.15) is 0 Å². The third-order valence-electron chi connectivity index (χ3n) is 3.58. The lowest BCUT2D eigenvalue weighted by Crippen LogP contribution is -2.38. The number of aryl methyl sites for hydroxylation is 2. The highest BCUT2D eigenvalue weighted by Crippen LogP contribution is 2.26. The van der Waals surface area contributed by atoms with E-state index in [1.54, 1.807) is 31.2 Å². The van der Waals surface area contributed by atoms with Gasteiger partial charge < -0.3 is 14.8 Å². The molecule has 0 saturated heterocycles. The summed E-state index contributed by atoms with van der Waals surface area (Å²) < 4.78 is 11.2. The van der Waals surface area contributed by atoms with E-state index in [1.807, 2.05) is 26.0 Å². The fraction of sp³-hybridized carbons (Fsp3) is 0.316. The Morgan fingerprint density at radius 1 is 1.08 bits per heavy atom. The second kappa shape index (κ2) is 8.97. The Balaban J connectivity index is 1.77. The Kier molecular flexibility index (Phi) is 6.97. The second-order valence-electron chi connectivity index (χ2n) is 5.72. The highest BCUT2D eigenvalue weighted by atomic mass is 35.5. The first-order valence-corrected chi connectivity index (χ1v) is 8.72. The van der Waals surface area contributed by atoms with Gasteiger partial charge in [0.2, 0.25) is 0 Å². The van der Waals surface area contributed by atoms with Crippen LogP contribution in [0.2, 0.25) is 10.0 Å². The van der Waals surface area contributed by atoms with Gasteiger partial charge in [0, 0.05) is 10.0 Å². The largest absolute Gasteiger partial charge is 0.492 e. The topological polar surface area (TPSA) is 47.6 Å². The van der Waals surface area contributed by atoms with Crippen LogP contribution < -0.4 is 14.8 Å². The standard InChI is InChI=1S/C19H21Cl2NO3/c1-12-10-17(11-13(2)18(12)21)25-14(3)19(23)22-8-9-24-16-6-4-15(20)5-7-16/h4-7,10-11,14H,8-9H2,1-3H3,(H,22,23)/t14-/m1/s1. The number of rotatable bonds is 7. The molecule has 2 rings (SSSR count). The summed E-state index contributed by atoms with van der Waals surface area (Å²) in [7, 11) is 0. The molecule has 0 aliphatic rings. The van der Waals surface area contributed by atoms with Crippen molar-refractivity contribution in [2.45, 2.75) is 26.9 Å². The van der Waals surface area contributed by atoms with Crippen LogP contribution in [0, 0.1) is 13.8 Å². The van der Waals surface area contributed by atoms with Crippen LogP contribution in [-0.4, -0.2) is 25.2 Å². The van der Waals surface area contributed by atoms with Gasteiger partial charge in [-0.15, -0.1) is 0 Å². The third-order valence-corrected chi connectivity index (χ3v) is 4.42. The average Bonchev–Trinajstić information content (AvgIpc) is 2.57. The molecule has 0 aromatic heterocycles. The lowest BCUT2D eigenvalue weighted by molar-refractivity contribution is -0.127. The highest BCUT2D eigenvalue weighted by Gasteiger charge is 2.15. The van der Waals surface area contributed by atoms with Crippen LogP contribution in [-0.2, 0) is 4.79 Å². The number of carbonyl (C=O) groups excluding carboxylic acids is 1. The van der Waals surface area contributed by atoms with Crippen molar-refractivity contribution in [1.82, 2.24) is 5.32 Å². The predicted octanol–water partition coefficient (Wildman–Crippen LogP) is 4.57. The molecule has 0 heterocycles. The van der Waals surface area contributed by atoms with Gasteiger partial charge in [-0.1, -0.05) is 23.2 Å². The van der Waals surface area contributed by atoms with Crippen LogP contribution in [0.15, 0.2) is 36.4 Å². The second-order valence-corrected chi connectivity index (χ2v) is 6.54. The molecule has 25 heavy (non-hydrogen) atoms. The first-order valence-electron chi connectivity index (χ1n) is 7.96. The van der Waals surface area contributed by atoms with Gasteiger partial charge in [-0.25, -0.2) is 0 Å². The van der Waals surface area contributed by atoms with E-state index in [0.29, 0.717) is 34.7 Å². The number of benzene rings is 2. The summed E-state index contributed by atoms with van der Waals surface area (Å²) in [4.78, 5) is 12.1. The van der Waals surface area contributed by atoms with Gasteiger partial charge in [-0.05, 0) is 68.3 Å². The number of hydrogen-bond acceptors (Lipinski definition) is 3. The molecular weight excluding hydrogens is 361 g/mol. The molecule has 0 spiro atoms. The summed E-state index contributed by atoms with van der Waals surface area (Å²) in [6.07, 6.45) is -0.615. The van der Waals surface area contributed by atoms with Crippen molar-refractivity contribution in [3.05, 3.63) is 57.6 Å². The molecule has 0 fully saturated rings. The van der Waals surface area contributed by atoms with Gasteiger partial charge in [0.05, 0.1) is 6.54 Å². The van der Waals surface area contributed by atoms with Crippen LogP contribution in [0.3, 0.4) is 0 Å². The molecule has 2 aromatic rings. The lowest BCUT2D eigenvalue weighted by atomic mass is 10.1. The molecule has 0 bridgehead atoms. The van der Waals surface area contributed by atoms with Gasteiger partial charge in [-0.3, -0.25) is 4.79 Å². The monoisotopic (exact) mass is 381 g/mol. The minimum absolute atomic E-state index is 0.204. The van der Waals surface area contributed by atoms with Crippen LogP contribution >= 0.6 is 23.2 Å². The Morgan fingerprint density at radius 3 is 2.28 bits per heavy atom. The zero-order chi connectivity index (χ0) is 18.4. The Morgan fingerprint density at radius 2 is 1.68 bits per heavy atom. The molecule has 0 radical (unpaired) electrons. The summed E-state index contributed by atoms with van der Waals surface area (Å²) in [5, 5.41) is 4.15. The minimum Gasteiger partial charge on any atom is -0.492 e. The van der Waals surface area contributed by atoms with E-state index in [1.165, 1.54) is 0 Å². The molecule has 4 nitrogen and oxygen atoms in total. The quantitative estimate of drug-likeness (QED) is 0.714. The van der Waals surface area contributed by atoms with Crippen LogP contribution in [0.1, 0.15) is 18.1 Å². The summed E-state index contributed by atoms with van der Waals surface area (Å²) in [5.74, 6) is 1.12. The third kappa shape index (κ3) is 5.83. The first-order chi connectivity index (χ1) is 11.9. The number of hydrogen-bond donors (Lipinski definition) is 1. The number of amides is 1. The minimum atomic E-state index is -0.615. The van der Waals surface area contributed by atoms with E-state index in [2.05, 4.69) is 5.32 Å². The first kappa shape index (κ1) is 19.4. The van der Waals surface area contributed by atoms with E-state index < -0.39 is 6.10 Å². The molecule has 2 aromatic carbocycles. The van der Waals surface area contributed by atoms with E-state index in [4.69, 9.17) is 32.7 Å². The van der Waals surface area contributed by atoms with Crippen molar-refractivity contribution in [3.63, 3.8) is 0 Å². The van der Waals surface area contributed by atoms with Gasteiger partial charge in [0.1, 0.15) is 18.1 Å². The lowest BCUT2D eigenvalue weighted by Gasteiger charge is -2.16. The Hall–Kier alpha value is -1.91. The van der Waals surface area contributed by atoms with Gasteiger partial charge in [0.25, 0.3) is 5.91 Å². The summed E-state index contributed by atoms with van der Waals surface area (Å²) in [6, 6.07) is 10.7. The number of halogens is 2. The normalized spacial score (nSPS) is 11.7. The maximum absolute atomic E-state index is 12.1. The van der Waals surface area contributed by atoms with Crippen LogP contribution in [0.25, 0.3) is 0 Å². The molecular formula is C19H21Cl2NO3. The smallest absolute Gasteiger partial charge is 0.260 e. The van der Waals surface area contributed by atoms with Gasteiger partial charge in [0.15, 0.2) is 6.10 Å². The van der Waals surface area contributed by atoms with Crippen molar-refractivity contribution in [1.29, 1.82) is 0 Å². The maximum atomic E-state index is 12.1. The molecule has 1 N–H and O–H groups in total. The zero-order valence-corrected chi connectivity index (χ0v) is 15.9. The summed E-state index contributed by atoms with van der Waals surface area (Å²) >= 11 is 11.9. The van der Waals surface area contributed by atoms with Crippen molar-refractivity contribution in [3.8, 4) is 11.5 Å². The van der Waals surface area contributed by atoms with E-state index in [9.17, 15) is 4.79 Å². The molecule has 1 amide bonds. The van der Waals surface area contributed by atoms with Crippen molar-refractivity contribution < 1.29 is 14.3 Å². The number of nitrogens with one attached hydrogen (secondary N) is 1. The maximum Gasteiger partial charge on any atom is 0.260 e. The molecule has 134 valence electrons. The molecule has 6 heteroatoms. The SMILES string of the molecule is Cc1cc(O[C@H](C)C(=O)NCCOc2ccc(Cl)cc2)cc(C)c1Cl. The van der Waals surface area contributed by atoms with Crippen molar-refractivity contribution >= 4 is 29.1 Å². The molecule has 0 unspecified atom stereocenters. The molecule has 0 saturated carbocycles. The highest BCUT2D eigenvalue weighted by molar-refractivity contribution is 6.32. The number of carbonyl (C=O) groups is 1. The fourth-order valence-corrected chi connectivity index (χ4v) is 2.48. The van der Waals surface area contributed by atoms with E-state index in [0.717, 1.165) is 11.1 Å². The fourth-order valence-electron chi connectivity index (χ4n) is 2.25. The van der Waals surface area contributed by atoms with Crippen LogP contribution in [0.5, 0.6) is 11.5 Å². The molecule has 0 aliphatic heterocycles. The van der Waals surface area contributed by atoms with E-state index in [-0.39, 0.29) is 5.91 Å². The van der Waals surface area contributed by atoms with Crippen LogP contribution in [0.4, 0.5) is 0 Å². The predicted molar refractivity (Wildman–Crippen MR) is 101 cm³/mol. The number of ether oxygens (including phenoxy) is 2. The van der Waals surface area contributed by atoms with E-state index >= 15 is 0 Å².